The van der Waals surface area contributed by atoms with E-state index in [4.69, 9.17) is 4.74 Å². The third-order valence-electron chi connectivity index (χ3n) is 4.39. The van der Waals surface area contributed by atoms with E-state index in [1.807, 2.05) is 0 Å². The lowest BCUT2D eigenvalue weighted by Gasteiger charge is -2.37. The maximum absolute atomic E-state index is 11.9. The van der Waals surface area contributed by atoms with Crippen LogP contribution in [0.15, 0.2) is 0 Å². The Labute approximate surface area is 142 Å². The van der Waals surface area contributed by atoms with E-state index in [1.165, 1.54) is 0 Å². The fourth-order valence-electron chi connectivity index (χ4n) is 2.93. The second kappa shape index (κ2) is 8.75. The molecule has 2 aliphatic rings. The molecule has 2 fully saturated rings. The highest BCUT2D eigenvalue weighted by Gasteiger charge is 2.29. The van der Waals surface area contributed by atoms with Crippen molar-refractivity contribution in [3.63, 3.8) is 0 Å². The topological polar surface area (TPSA) is 91.0 Å². The smallest absolute Gasteiger partial charge is 0.409 e. The molecule has 0 spiro atoms. The summed E-state index contributed by atoms with van der Waals surface area (Å²) in [4.78, 5) is 38.7. The number of carbonyl (C=O) groups excluding carboxylic acids is 3. The normalized spacial score (nSPS) is 18.0. The van der Waals surface area contributed by atoms with E-state index in [0.29, 0.717) is 38.8 Å². The summed E-state index contributed by atoms with van der Waals surface area (Å²) in [6.07, 6.45) is 3.26. The van der Waals surface area contributed by atoms with E-state index in [2.05, 4.69) is 10.6 Å². The van der Waals surface area contributed by atoms with Gasteiger partial charge in [-0.3, -0.25) is 4.79 Å². The van der Waals surface area contributed by atoms with Crippen molar-refractivity contribution in [1.82, 2.24) is 20.4 Å². The number of hydrogen-bond donors (Lipinski definition) is 2. The van der Waals surface area contributed by atoms with E-state index >= 15 is 0 Å². The zero-order chi connectivity index (χ0) is 17.5. The van der Waals surface area contributed by atoms with Crippen LogP contribution in [-0.2, 0) is 9.53 Å². The molecule has 0 aromatic carbocycles. The predicted octanol–water partition coefficient (Wildman–Crippen LogP) is 0.917. The van der Waals surface area contributed by atoms with Crippen LogP contribution in [0.2, 0.25) is 0 Å². The Morgan fingerprint density at radius 1 is 1.17 bits per heavy atom. The highest BCUT2D eigenvalue weighted by Crippen LogP contribution is 2.18. The molecule has 0 radical (unpaired) electrons. The molecule has 24 heavy (non-hydrogen) atoms. The van der Waals surface area contributed by atoms with E-state index < -0.39 is 0 Å². The van der Waals surface area contributed by atoms with Crippen molar-refractivity contribution >= 4 is 18.0 Å². The minimum Gasteiger partial charge on any atom is -0.450 e. The van der Waals surface area contributed by atoms with Gasteiger partial charge in [0, 0.05) is 45.2 Å². The van der Waals surface area contributed by atoms with Gasteiger partial charge in [-0.2, -0.15) is 0 Å². The molecule has 0 atom stereocenters. The second-order valence-electron chi connectivity index (χ2n) is 6.30. The lowest BCUT2D eigenvalue weighted by Crippen LogP contribution is -2.50. The Kier molecular flexibility index (Phi) is 6.69. The molecular weight excluding hydrogens is 312 g/mol. The van der Waals surface area contributed by atoms with Crippen LogP contribution in [0.25, 0.3) is 0 Å². The Bertz CT molecular complexity index is 459. The average Bonchev–Trinajstić information content (AvgIpc) is 3.35. The molecule has 1 heterocycles. The minimum atomic E-state index is -0.288. The molecule has 0 bridgehead atoms. The number of likely N-dealkylation sites (tertiary alicyclic amines) is 1. The van der Waals surface area contributed by atoms with E-state index in [9.17, 15) is 14.4 Å². The van der Waals surface area contributed by atoms with Crippen molar-refractivity contribution in [3.05, 3.63) is 0 Å². The van der Waals surface area contributed by atoms with Crippen LogP contribution < -0.4 is 10.6 Å². The van der Waals surface area contributed by atoms with Crippen LogP contribution in [0.5, 0.6) is 0 Å². The molecule has 8 heteroatoms. The molecule has 1 aliphatic carbocycles. The summed E-state index contributed by atoms with van der Waals surface area (Å²) in [5.41, 5.74) is 0. The zero-order valence-corrected chi connectivity index (χ0v) is 14.5. The Balaban J connectivity index is 1.73. The number of rotatable bonds is 6. The number of hydrogen-bond acceptors (Lipinski definition) is 4. The molecule has 1 aliphatic heterocycles. The van der Waals surface area contributed by atoms with Crippen LogP contribution in [0, 0.1) is 0 Å². The molecule has 1 saturated carbocycles. The van der Waals surface area contributed by atoms with E-state index in [-0.39, 0.29) is 24.1 Å². The van der Waals surface area contributed by atoms with Crippen LogP contribution in [-0.4, -0.2) is 72.7 Å². The second-order valence-corrected chi connectivity index (χ2v) is 6.30. The van der Waals surface area contributed by atoms with Gasteiger partial charge in [0.15, 0.2) is 0 Å². The summed E-state index contributed by atoms with van der Waals surface area (Å²) >= 11 is 0. The van der Waals surface area contributed by atoms with E-state index in [0.717, 1.165) is 25.7 Å². The van der Waals surface area contributed by atoms with Crippen molar-refractivity contribution in [2.75, 3.05) is 32.8 Å². The summed E-state index contributed by atoms with van der Waals surface area (Å²) in [6.45, 7) is 5.78. The van der Waals surface area contributed by atoms with Crippen molar-refractivity contribution in [2.45, 2.75) is 51.6 Å². The van der Waals surface area contributed by atoms with Crippen LogP contribution >= 0.6 is 0 Å². The number of carbonyl (C=O) groups is 3. The Morgan fingerprint density at radius 3 is 2.38 bits per heavy atom. The van der Waals surface area contributed by atoms with Crippen LogP contribution in [0.4, 0.5) is 9.59 Å². The van der Waals surface area contributed by atoms with Crippen molar-refractivity contribution < 1.29 is 19.1 Å². The number of nitrogens with zero attached hydrogens (tertiary/aromatic N) is 2. The van der Waals surface area contributed by atoms with Crippen molar-refractivity contribution in [1.29, 1.82) is 0 Å². The van der Waals surface area contributed by atoms with Gasteiger partial charge in [0.1, 0.15) is 0 Å². The molecule has 1 saturated heterocycles. The summed E-state index contributed by atoms with van der Waals surface area (Å²) in [5.74, 6) is -0.00557. The summed E-state index contributed by atoms with van der Waals surface area (Å²) < 4.78 is 5.00. The number of urea groups is 1. The predicted molar refractivity (Wildman–Crippen MR) is 88.6 cm³/mol. The van der Waals surface area contributed by atoms with Gasteiger partial charge in [-0.1, -0.05) is 0 Å². The maximum atomic E-state index is 11.9. The summed E-state index contributed by atoms with van der Waals surface area (Å²) in [7, 11) is 0. The van der Waals surface area contributed by atoms with Crippen molar-refractivity contribution in [3.8, 4) is 0 Å². The lowest BCUT2D eigenvalue weighted by atomic mass is 10.0. The van der Waals surface area contributed by atoms with Gasteiger partial charge >= 0.3 is 12.1 Å². The minimum absolute atomic E-state index is 0.00557. The summed E-state index contributed by atoms with van der Waals surface area (Å²) in [6, 6.07) is 0.251. The third-order valence-corrected chi connectivity index (χ3v) is 4.39. The standard InChI is InChI=1S/C16H28N4O4/c1-3-24-16(23)19-9-6-14(7-10-19)20(12(2)21)11-8-17-15(22)18-13-4-5-13/h13-14H,3-11H2,1-2H3,(H2,17,18,22). The average molecular weight is 340 g/mol. The molecule has 4 amide bonds. The molecule has 2 N–H and O–H groups in total. The largest absolute Gasteiger partial charge is 0.450 e. The van der Waals surface area contributed by atoms with Crippen molar-refractivity contribution in [2.24, 2.45) is 0 Å². The van der Waals surface area contributed by atoms with Gasteiger partial charge in [0.2, 0.25) is 5.91 Å². The molecule has 8 nitrogen and oxygen atoms in total. The number of amides is 4. The van der Waals surface area contributed by atoms with Crippen LogP contribution in [0.1, 0.15) is 39.5 Å². The van der Waals surface area contributed by atoms with Gasteiger partial charge < -0.3 is 25.2 Å². The quantitative estimate of drug-likeness (QED) is 0.752. The Morgan fingerprint density at radius 2 is 1.83 bits per heavy atom. The van der Waals surface area contributed by atoms with Gasteiger partial charge in [-0.25, -0.2) is 9.59 Å². The number of ether oxygens (including phenoxy) is 1. The molecule has 136 valence electrons. The lowest BCUT2D eigenvalue weighted by molar-refractivity contribution is -0.131. The third kappa shape index (κ3) is 5.58. The molecule has 2 rings (SSSR count). The van der Waals surface area contributed by atoms with Crippen LogP contribution in [0.3, 0.4) is 0 Å². The first kappa shape index (κ1) is 18.4. The van der Waals surface area contributed by atoms with Gasteiger partial charge in [-0.05, 0) is 32.6 Å². The molecule has 0 aromatic rings. The number of nitrogens with one attached hydrogen (secondary N) is 2. The SMILES string of the molecule is CCOC(=O)N1CCC(N(CCNC(=O)NC2CC2)C(C)=O)CC1. The molecular formula is C16H28N4O4. The first-order valence-electron chi connectivity index (χ1n) is 8.74. The first-order valence-corrected chi connectivity index (χ1v) is 8.74. The monoisotopic (exact) mass is 340 g/mol. The fraction of sp³-hybridized carbons (Fsp3) is 0.812. The Hall–Kier alpha value is -1.99. The number of piperidine rings is 1. The fourth-order valence-corrected chi connectivity index (χ4v) is 2.93. The summed E-state index contributed by atoms with van der Waals surface area (Å²) in [5, 5.41) is 5.65. The van der Waals surface area contributed by atoms with Gasteiger partial charge in [0.05, 0.1) is 6.61 Å². The highest BCUT2D eigenvalue weighted by molar-refractivity contribution is 5.75. The maximum Gasteiger partial charge on any atom is 0.409 e. The zero-order valence-electron chi connectivity index (χ0n) is 14.5. The molecule has 0 unspecified atom stereocenters. The van der Waals surface area contributed by atoms with Gasteiger partial charge in [0.25, 0.3) is 0 Å². The highest BCUT2D eigenvalue weighted by atomic mass is 16.6. The van der Waals surface area contributed by atoms with E-state index in [1.54, 1.807) is 23.6 Å². The van der Waals surface area contributed by atoms with Gasteiger partial charge in [-0.15, -0.1) is 0 Å². The molecule has 0 aromatic heterocycles. The first-order chi connectivity index (χ1) is 11.5.